The van der Waals surface area contributed by atoms with E-state index in [4.69, 9.17) is 4.74 Å². The Hall–Kier alpha value is -1.24. The van der Waals surface area contributed by atoms with Crippen molar-refractivity contribution in [2.24, 2.45) is 0 Å². The van der Waals surface area contributed by atoms with Crippen molar-refractivity contribution in [3.8, 4) is 5.75 Å². The average molecular weight is 230 g/mol. The molecule has 0 aromatic heterocycles. The summed E-state index contributed by atoms with van der Waals surface area (Å²) in [5.74, 6) is 1.76. The fraction of sp³-hybridized carbons (Fsp3) is 0.500. The second-order valence-electron chi connectivity index (χ2n) is 4.83. The first-order valence-electron chi connectivity index (χ1n) is 6.74. The largest absolute Gasteiger partial charge is 0.493 e. The maximum atomic E-state index is 5.62. The van der Waals surface area contributed by atoms with E-state index in [-0.39, 0.29) is 0 Å². The quantitative estimate of drug-likeness (QED) is 0.526. The smallest absolute Gasteiger partial charge is 0.119 e. The van der Waals surface area contributed by atoms with Crippen LogP contribution in [0, 0.1) is 0 Å². The van der Waals surface area contributed by atoms with E-state index in [2.05, 4.69) is 30.8 Å². The summed E-state index contributed by atoms with van der Waals surface area (Å²) < 4.78 is 5.62. The van der Waals surface area contributed by atoms with Gasteiger partial charge >= 0.3 is 0 Å². The normalized spacial score (nSPS) is 16.7. The first kappa shape index (κ1) is 12.2. The van der Waals surface area contributed by atoms with Crippen LogP contribution in [-0.4, -0.2) is 6.61 Å². The third-order valence-electron chi connectivity index (χ3n) is 3.55. The molecular weight excluding hydrogens is 208 g/mol. The summed E-state index contributed by atoms with van der Waals surface area (Å²) in [4.78, 5) is 0. The van der Waals surface area contributed by atoms with Gasteiger partial charge in [0.2, 0.25) is 0 Å². The molecule has 0 spiro atoms. The van der Waals surface area contributed by atoms with E-state index in [1.54, 1.807) is 0 Å². The average Bonchev–Trinajstić information content (AvgIpc) is 2.41. The standard InChI is InChI=1S/C16H22O/c1-2-3-13-17-16-11-9-15(10-12-16)14-7-5-4-6-8-14/h2,9-12,14H,1,3-8,13H2. The van der Waals surface area contributed by atoms with Gasteiger partial charge in [-0.3, -0.25) is 0 Å². The molecule has 0 heterocycles. The molecule has 0 atom stereocenters. The topological polar surface area (TPSA) is 9.23 Å². The first-order chi connectivity index (χ1) is 8.40. The minimum absolute atomic E-state index is 0.728. The van der Waals surface area contributed by atoms with E-state index in [1.807, 2.05) is 6.08 Å². The zero-order valence-corrected chi connectivity index (χ0v) is 10.5. The Balaban J connectivity index is 1.90. The Bertz CT molecular complexity index is 333. The molecular formula is C16H22O. The minimum atomic E-state index is 0.728. The van der Waals surface area contributed by atoms with Gasteiger partial charge in [-0.1, -0.05) is 37.5 Å². The molecule has 1 saturated carbocycles. The van der Waals surface area contributed by atoms with E-state index in [1.165, 1.54) is 37.7 Å². The van der Waals surface area contributed by atoms with Crippen LogP contribution < -0.4 is 4.74 Å². The lowest BCUT2D eigenvalue weighted by molar-refractivity contribution is 0.324. The molecule has 1 aromatic rings. The Morgan fingerprint density at radius 2 is 1.82 bits per heavy atom. The van der Waals surface area contributed by atoms with Crippen LogP contribution in [0.2, 0.25) is 0 Å². The predicted molar refractivity (Wildman–Crippen MR) is 72.6 cm³/mol. The van der Waals surface area contributed by atoms with Crippen LogP contribution in [-0.2, 0) is 0 Å². The maximum absolute atomic E-state index is 5.62. The number of hydrogen-bond acceptors (Lipinski definition) is 1. The van der Waals surface area contributed by atoms with Crippen molar-refractivity contribution in [2.45, 2.75) is 44.4 Å². The van der Waals surface area contributed by atoms with E-state index >= 15 is 0 Å². The monoisotopic (exact) mass is 230 g/mol. The lowest BCUT2D eigenvalue weighted by atomic mass is 9.84. The second kappa shape index (κ2) is 6.48. The Labute approximate surface area is 104 Å². The van der Waals surface area contributed by atoms with Gasteiger partial charge in [0.25, 0.3) is 0 Å². The van der Waals surface area contributed by atoms with E-state index in [0.717, 1.165) is 24.7 Å². The molecule has 2 rings (SSSR count). The summed E-state index contributed by atoms with van der Waals surface area (Å²) in [7, 11) is 0. The van der Waals surface area contributed by atoms with E-state index in [9.17, 15) is 0 Å². The Kier molecular flexibility index (Phi) is 4.66. The summed E-state index contributed by atoms with van der Waals surface area (Å²) in [5, 5.41) is 0. The van der Waals surface area contributed by atoms with Crippen LogP contribution in [0.25, 0.3) is 0 Å². The van der Waals surface area contributed by atoms with Crippen LogP contribution in [0.4, 0.5) is 0 Å². The summed E-state index contributed by atoms with van der Waals surface area (Å²) >= 11 is 0. The highest BCUT2D eigenvalue weighted by molar-refractivity contribution is 5.29. The summed E-state index contributed by atoms with van der Waals surface area (Å²) in [6.45, 7) is 4.42. The molecule has 1 aromatic carbocycles. The van der Waals surface area contributed by atoms with E-state index < -0.39 is 0 Å². The van der Waals surface area contributed by atoms with Gasteiger partial charge in [0.15, 0.2) is 0 Å². The molecule has 0 bridgehead atoms. The molecule has 1 aliphatic carbocycles. The summed E-state index contributed by atoms with van der Waals surface area (Å²) in [6.07, 6.45) is 9.71. The maximum Gasteiger partial charge on any atom is 0.119 e. The molecule has 92 valence electrons. The molecule has 1 heteroatoms. The molecule has 0 radical (unpaired) electrons. The van der Waals surface area contributed by atoms with Crippen LogP contribution in [0.5, 0.6) is 5.75 Å². The van der Waals surface area contributed by atoms with Gasteiger partial charge in [-0.25, -0.2) is 0 Å². The number of rotatable bonds is 5. The van der Waals surface area contributed by atoms with Gasteiger partial charge in [0.1, 0.15) is 5.75 Å². The van der Waals surface area contributed by atoms with Crippen molar-refractivity contribution in [2.75, 3.05) is 6.61 Å². The molecule has 1 nitrogen and oxygen atoms in total. The number of ether oxygens (including phenoxy) is 1. The van der Waals surface area contributed by atoms with Crippen LogP contribution in [0.1, 0.15) is 50.0 Å². The number of hydrogen-bond donors (Lipinski definition) is 0. The van der Waals surface area contributed by atoms with Crippen molar-refractivity contribution in [3.05, 3.63) is 42.5 Å². The Morgan fingerprint density at radius 3 is 2.47 bits per heavy atom. The van der Waals surface area contributed by atoms with Crippen molar-refractivity contribution >= 4 is 0 Å². The number of benzene rings is 1. The van der Waals surface area contributed by atoms with Gasteiger partial charge in [0.05, 0.1) is 6.61 Å². The lowest BCUT2D eigenvalue weighted by Crippen LogP contribution is -2.04. The van der Waals surface area contributed by atoms with Crippen LogP contribution >= 0.6 is 0 Å². The zero-order valence-electron chi connectivity index (χ0n) is 10.5. The highest BCUT2D eigenvalue weighted by Crippen LogP contribution is 2.33. The van der Waals surface area contributed by atoms with Gasteiger partial charge < -0.3 is 4.74 Å². The highest BCUT2D eigenvalue weighted by Gasteiger charge is 2.14. The summed E-state index contributed by atoms with van der Waals surface area (Å²) in [5.41, 5.74) is 1.49. The minimum Gasteiger partial charge on any atom is -0.493 e. The van der Waals surface area contributed by atoms with Crippen molar-refractivity contribution in [3.63, 3.8) is 0 Å². The second-order valence-corrected chi connectivity index (χ2v) is 4.83. The molecule has 1 fully saturated rings. The molecule has 17 heavy (non-hydrogen) atoms. The molecule has 0 amide bonds. The summed E-state index contributed by atoms with van der Waals surface area (Å²) in [6, 6.07) is 8.68. The first-order valence-corrected chi connectivity index (χ1v) is 6.74. The molecule has 0 aliphatic heterocycles. The third kappa shape index (κ3) is 3.62. The van der Waals surface area contributed by atoms with Crippen molar-refractivity contribution in [1.29, 1.82) is 0 Å². The van der Waals surface area contributed by atoms with Crippen LogP contribution in [0.15, 0.2) is 36.9 Å². The fourth-order valence-electron chi connectivity index (χ4n) is 2.53. The molecule has 1 aliphatic rings. The molecule has 0 N–H and O–H groups in total. The molecule has 0 unspecified atom stereocenters. The van der Waals surface area contributed by atoms with Gasteiger partial charge in [-0.15, -0.1) is 6.58 Å². The van der Waals surface area contributed by atoms with Crippen molar-refractivity contribution < 1.29 is 4.74 Å². The fourth-order valence-corrected chi connectivity index (χ4v) is 2.53. The Morgan fingerprint density at radius 1 is 1.12 bits per heavy atom. The van der Waals surface area contributed by atoms with Gasteiger partial charge in [-0.05, 0) is 42.9 Å². The van der Waals surface area contributed by atoms with Gasteiger partial charge in [0, 0.05) is 0 Å². The predicted octanol–water partition coefficient (Wildman–Crippen LogP) is 4.69. The van der Waals surface area contributed by atoms with Crippen molar-refractivity contribution in [1.82, 2.24) is 0 Å². The molecule has 0 saturated heterocycles. The third-order valence-corrected chi connectivity index (χ3v) is 3.55. The lowest BCUT2D eigenvalue weighted by Gasteiger charge is -2.22. The SMILES string of the molecule is C=CCCOc1ccc(C2CCCCC2)cc1. The van der Waals surface area contributed by atoms with E-state index in [0.29, 0.717) is 0 Å². The van der Waals surface area contributed by atoms with Crippen LogP contribution in [0.3, 0.4) is 0 Å². The van der Waals surface area contributed by atoms with Gasteiger partial charge in [-0.2, -0.15) is 0 Å². The zero-order chi connectivity index (χ0) is 11.9. The highest BCUT2D eigenvalue weighted by atomic mass is 16.5.